The van der Waals surface area contributed by atoms with Gasteiger partial charge in [-0.15, -0.1) is 0 Å². The van der Waals surface area contributed by atoms with Gasteiger partial charge < -0.3 is 25.5 Å². The summed E-state index contributed by atoms with van der Waals surface area (Å²) in [5.74, 6) is -0.208. The first-order valence-electron chi connectivity index (χ1n) is 12.4. The zero-order valence-electron chi connectivity index (χ0n) is 22.6. The van der Waals surface area contributed by atoms with Crippen LogP contribution in [0.3, 0.4) is 0 Å². The van der Waals surface area contributed by atoms with E-state index in [-0.39, 0.29) is 36.6 Å². The maximum absolute atomic E-state index is 12.6. The van der Waals surface area contributed by atoms with E-state index in [2.05, 4.69) is 10.6 Å². The van der Waals surface area contributed by atoms with E-state index in [0.717, 1.165) is 5.69 Å². The fourth-order valence-corrected chi connectivity index (χ4v) is 5.89. The lowest BCUT2D eigenvalue weighted by atomic mass is 10.3. The molecule has 0 aromatic heterocycles. The third-order valence-electron chi connectivity index (χ3n) is 5.49. The molecule has 2 aromatic carbocycles. The van der Waals surface area contributed by atoms with Gasteiger partial charge in [0.25, 0.3) is 0 Å². The van der Waals surface area contributed by atoms with E-state index in [1.54, 1.807) is 26.0 Å². The van der Waals surface area contributed by atoms with Crippen molar-refractivity contribution >= 4 is 49.7 Å². The van der Waals surface area contributed by atoms with E-state index in [4.69, 9.17) is 0 Å². The molecule has 3 N–H and O–H groups in total. The quantitative estimate of drug-likeness (QED) is 0.178. The monoisotopic (exact) mass is 572 g/mol. The molecule has 11 heteroatoms. The highest BCUT2D eigenvalue weighted by atomic mass is 33.1. The Morgan fingerprint density at radius 3 is 1.97 bits per heavy atom. The van der Waals surface area contributed by atoms with E-state index in [0.29, 0.717) is 22.8 Å². The molecule has 2 unspecified atom stereocenters. The number of nitrogens with zero attached hydrogens (tertiary/aromatic N) is 2. The number of anilines is 2. The average molecular weight is 573 g/mol. The van der Waals surface area contributed by atoms with Gasteiger partial charge in [0.2, 0.25) is 17.7 Å². The van der Waals surface area contributed by atoms with Crippen LogP contribution >= 0.6 is 10.8 Å². The molecule has 0 saturated heterocycles. The van der Waals surface area contributed by atoms with Gasteiger partial charge in [-0.2, -0.15) is 0 Å². The van der Waals surface area contributed by atoms with Crippen molar-refractivity contribution in [1.29, 1.82) is 0 Å². The van der Waals surface area contributed by atoms with Gasteiger partial charge >= 0.3 is 0 Å². The third kappa shape index (κ3) is 11.9. The average Bonchev–Trinajstić information content (AvgIpc) is 2.87. The number of allylic oxidation sites excluding steroid dienone is 2. The van der Waals surface area contributed by atoms with Gasteiger partial charge in [0.05, 0.1) is 15.6 Å². The molecule has 0 heterocycles. The molecule has 9 nitrogen and oxygen atoms in total. The SMILES string of the molecule is CC(=O)N(CCSS(=O)CCN(C(C)=O)/C(C)=C/C(O)Nc1ccccc1)/C(C)=C/C(=O)Nc1ccccc1. The second-order valence-corrected chi connectivity index (χ2v) is 12.1. The summed E-state index contributed by atoms with van der Waals surface area (Å²) in [6.07, 6.45) is 1.88. The molecule has 0 spiro atoms. The fourth-order valence-electron chi connectivity index (χ4n) is 3.64. The van der Waals surface area contributed by atoms with E-state index in [1.165, 1.54) is 46.6 Å². The van der Waals surface area contributed by atoms with E-state index < -0.39 is 16.1 Å². The van der Waals surface area contributed by atoms with Crippen LogP contribution < -0.4 is 10.6 Å². The molecule has 0 aliphatic rings. The molecule has 0 bridgehead atoms. The van der Waals surface area contributed by atoms with Crippen LogP contribution in [0.25, 0.3) is 0 Å². The number of nitrogens with one attached hydrogen (secondary N) is 2. The molecule has 39 heavy (non-hydrogen) atoms. The van der Waals surface area contributed by atoms with Gasteiger partial charge in [-0.05, 0) is 44.2 Å². The maximum atomic E-state index is 12.6. The maximum Gasteiger partial charge on any atom is 0.250 e. The van der Waals surface area contributed by atoms with Crippen molar-refractivity contribution in [3.63, 3.8) is 0 Å². The van der Waals surface area contributed by atoms with Gasteiger partial charge in [0.15, 0.2) is 0 Å². The van der Waals surface area contributed by atoms with Gasteiger partial charge in [-0.25, -0.2) is 4.21 Å². The number of hydrogen-bond acceptors (Lipinski definition) is 7. The lowest BCUT2D eigenvalue weighted by Crippen LogP contribution is -2.32. The zero-order chi connectivity index (χ0) is 28.8. The second kappa shape index (κ2) is 16.5. The number of carbonyl (C=O) groups excluding carboxylic acids is 3. The number of aliphatic hydroxyl groups excluding tert-OH is 1. The minimum atomic E-state index is -1.32. The molecule has 0 fully saturated rings. The molecule has 0 aliphatic heterocycles. The van der Waals surface area contributed by atoms with Crippen LogP contribution in [0.15, 0.2) is 84.2 Å². The summed E-state index contributed by atoms with van der Waals surface area (Å²) in [4.78, 5) is 39.6. The number of para-hydroxylation sites is 2. The molecule has 0 aliphatic carbocycles. The van der Waals surface area contributed by atoms with Crippen LogP contribution in [0.1, 0.15) is 27.7 Å². The molecule has 210 valence electrons. The molecular formula is C28H36N4O5S2. The smallest absolute Gasteiger partial charge is 0.250 e. The number of amides is 3. The van der Waals surface area contributed by atoms with Crippen molar-refractivity contribution in [1.82, 2.24) is 9.80 Å². The lowest BCUT2D eigenvalue weighted by molar-refractivity contribution is -0.127. The predicted molar refractivity (Wildman–Crippen MR) is 159 cm³/mol. The van der Waals surface area contributed by atoms with Crippen molar-refractivity contribution in [2.24, 2.45) is 0 Å². The number of carbonyl (C=O) groups is 3. The van der Waals surface area contributed by atoms with Crippen LogP contribution in [-0.2, 0) is 24.2 Å². The number of aliphatic hydroxyl groups is 1. The van der Waals surface area contributed by atoms with Crippen molar-refractivity contribution < 1.29 is 23.7 Å². The number of hydrogen-bond donors (Lipinski definition) is 3. The fraction of sp³-hybridized carbons (Fsp3) is 0.321. The summed E-state index contributed by atoms with van der Waals surface area (Å²) in [5.41, 5.74) is 2.41. The van der Waals surface area contributed by atoms with Crippen molar-refractivity contribution in [2.45, 2.75) is 33.9 Å². The predicted octanol–water partition coefficient (Wildman–Crippen LogP) is 3.96. The molecule has 0 saturated carbocycles. The van der Waals surface area contributed by atoms with Crippen LogP contribution in [0.5, 0.6) is 0 Å². The standard InChI is InChI=1S/C28H36N4O5S2/c1-21(19-27(35)29-25-11-7-5-8-12-25)31(23(3)33)15-17-38-39(37)18-16-32(24(4)34)22(2)20-28(36)30-26-13-9-6-10-14-26/h5-14,19-20,28,30,36H,15-18H2,1-4H3,(H,29,35)/b21-19+,22-20+. The third-order valence-corrected chi connectivity index (χ3v) is 8.41. The summed E-state index contributed by atoms with van der Waals surface area (Å²) in [6, 6.07) is 18.2. The molecule has 3 amide bonds. The Bertz CT molecular complexity index is 1190. The first-order chi connectivity index (χ1) is 18.6. The molecule has 0 radical (unpaired) electrons. The Balaban J connectivity index is 1.86. The molecule has 2 aromatic rings. The highest BCUT2D eigenvalue weighted by Crippen LogP contribution is 2.15. The Morgan fingerprint density at radius 1 is 0.872 bits per heavy atom. The molecular weight excluding hydrogens is 536 g/mol. The lowest BCUT2D eigenvalue weighted by Gasteiger charge is -2.23. The Labute approximate surface area is 236 Å². The zero-order valence-corrected chi connectivity index (χ0v) is 24.3. The van der Waals surface area contributed by atoms with Gasteiger partial charge in [-0.3, -0.25) is 14.4 Å². The minimum absolute atomic E-state index is 0.213. The van der Waals surface area contributed by atoms with E-state index in [9.17, 15) is 23.7 Å². The normalized spacial score (nSPS) is 13.3. The van der Waals surface area contributed by atoms with Crippen LogP contribution in [-0.4, -0.2) is 67.7 Å². The number of benzene rings is 2. The summed E-state index contributed by atoms with van der Waals surface area (Å²) in [5, 5.41) is 16.0. The van der Waals surface area contributed by atoms with Crippen molar-refractivity contribution in [3.05, 3.63) is 84.2 Å². The highest BCUT2D eigenvalue weighted by molar-refractivity contribution is 8.69. The van der Waals surface area contributed by atoms with Crippen molar-refractivity contribution in [3.8, 4) is 0 Å². The van der Waals surface area contributed by atoms with Gasteiger partial charge in [0.1, 0.15) is 6.23 Å². The Kier molecular flexibility index (Phi) is 13.5. The summed E-state index contributed by atoms with van der Waals surface area (Å²) in [6.45, 7) is 6.70. The van der Waals surface area contributed by atoms with Crippen molar-refractivity contribution in [2.75, 3.05) is 35.2 Å². The van der Waals surface area contributed by atoms with Gasteiger partial charge in [0, 0.05) is 61.5 Å². The number of rotatable bonds is 14. The molecule has 2 atom stereocenters. The second-order valence-electron chi connectivity index (χ2n) is 8.58. The van der Waals surface area contributed by atoms with Gasteiger partial charge in [-0.1, -0.05) is 47.2 Å². The Morgan fingerprint density at radius 2 is 1.41 bits per heavy atom. The minimum Gasteiger partial charge on any atom is -0.370 e. The van der Waals surface area contributed by atoms with Crippen LogP contribution in [0, 0.1) is 0 Å². The van der Waals surface area contributed by atoms with E-state index in [1.807, 2.05) is 48.5 Å². The largest absolute Gasteiger partial charge is 0.370 e. The summed E-state index contributed by atoms with van der Waals surface area (Å²) >= 11 is 0. The molecule has 2 rings (SSSR count). The van der Waals surface area contributed by atoms with Crippen LogP contribution in [0.2, 0.25) is 0 Å². The first kappa shape index (κ1) is 31.8. The summed E-state index contributed by atoms with van der Waals surface area (Å²) < 4.78 is 12.6. The van der Waals surface area contributed by atoms with E-state index >= 15 is 0 Å². The Hall–Kier alpha value is -3.41. The summed E-state index contributed by atoms with van der Waals surface area (Å²) in [7, 11) is -0.144. The van der Waals surface area contributed by atoms with Crippen LogP contribution in [0.4, 0.5) is 11.4 Å². The topological polar surface area (TPSA) is 119 Å². The first-order valence-corrected chi connectivity index (χ1v) is 15.2. The highest BCUT2D eigenvalue weighted by Gasteiger charge is 2.16.